The number of rotatable bonds is 6. The van der Waals surface area contributed by atoms with Gasteiger partial charge in [0.15, 0.2) is 0 Å². The Labute approximate surface area is 178 Å². The van der Waals surface area contributed by atoms with Crippen molar-refractivity contribution in [3.05, 3.63) is 131 Å². The van der Waals surface area contributed by atoms with Crippen molar-refractivity contribution in [2.45, 2.75) is 25.7 Å². The Morgan fingerprint density at radius 1 is 0.300 bits per heavy atom. The molecule has 0 heterocycles. The smallest absolute Gasteiger partial charge is 0.0143 e. The second-order valence-electron chi connectivity index (χ2n) is 8.02. The number of hydrogen-bond acceptors (Lipinski definition) is 0. The van der Waals surface area contributed by atoms with Crippen molar-refractivity contribution in [1.82, 2.24) is 0 Å². The summed E-state index contributed by atoms with van der Waals surface area (Å²) in [6.07, 6.45) is 4.25. The second-order valence-corrected chi connectivity index (χ2v) is 8.02. The van der Waals surface area contributed by atoms with E-state index in [9.17, 15) is 0 Å². The maximum atomic E-state index is 2.31. The van der Waals surface area contributed by atoms with Gasteiger partial charge in [-0.15, -0.1) is 0 Å². The third-order valence-corrected chi connectivity index (χ3v) is 6.17. The maximum Gasteiger partial charge on any atom is -0.0143 e. The van der Waals surface area contributed by atoms with Crippen LogP contribution in [0.2, 0.25) is 0 Å². The average molecular weight is 387 g/mol. The lowest BCUT2D eigenvalue weighted by Crippen LogP contribution is -2.00. The number of benzene rings is 5. The summed E-state index contributed by atoms with van der Waals surface area (Å²) < 4.78 is 0. The molecule has 0 bridgehead atoms. The van der Waals surface area contributed by atoms with Crippen molar-refractivity contribution in [2.24, 2.45) is 0 Å². The van der Waals surface area contributed by atoms with Gasteiger partial charge in [0.05, 0.1) is 0 Å². The Hall–Kier alpha value is -3.38. The molecule has 0 radical (unpaired) electrons. The molecule has 0 nitrogen and oxygen atoms in total. The second kappa shape index (κ2) is 8.55. The number of fused-ring (bicyclic) bond motifs is 2. The third-order valence-electron chi connectivity index (χ3n) is 6.17. The quantitative estimate of drug-likeness (QED) is 0.264. The minimum Gasteiger partial charge on any atom is -0.0622 e. The molecular weight excluding hydrogens is 360 g/mol. The molecule has 0 aromatic heterocycles. The van der Waals surface area contributed by atoms with Crippen LogP contribution in [0, 0.1) is 0 Å². The predicted octanol–water partition coefficient (Wildman–Crippen LogP) is 7.56. The maximum absolute atomic E-state index is 2.31. The van der Waals surface area contributed by atoms with Gasteiger partial charge in [0, 0.05) is 0 Å². The topological polar surface area (TPSA) is 0 Å². The third kappa shape index (κ3) is 3.74. The van der Waals surface area contributed by atoms with Gasteiger partial charge in [0.2, 0.25) is 0 Å². The molecule has 0 spiro atoms. The molecule has 0 aliphatic rings. The molecular formula is C30H26. The van der Waals surface area contributed by atoms with Crippen LogP contribution in [0.4, 0.5) is 0 Å². The molecule has 5 rings (SSSR count). The highest BCUT2D eigenvalue weighted by Gasteiger charge is 2.13. The Kier molecular flexibility index (Phi) is 5.31. The molecule has 5 aromatic rings. The van der Waals surface area contributed by atoms with Crippen molar-refractivity contribution >= 4 is 21.5 Å². The first-order valence-electron chi connectivity index (χ1n) is 10.9. The largest absolute Gasteiger partial charge is 0.0622 e. The van der Waals surface area contributed by atoms with Crippen molar-refractivity contribution < 1.29 is 0 Å². The van der Waals surface area contributed by atoms with Gasteiger partial charge in [-0.25, -0.2) is 0 Å². The number of hydrogen-bond donors (Lipinski definition) is 0. The lowest BCUT2D eigenvalue weighted by molar-refractivity contribution is 0.966. The van der Waals surface area contributed by atoms with Crippen LogP contribution in [0.25, 0.3) is 21.5 Å². The fourth-order valence-electron chi connectivity index (χ4n) is 4.68. The van der Waals surface area contributed by atoms with E-state index in [1.807, 2.05) is 0 Å². The molecule has 5 aromatic carbocycles. The molecule has 0 aliphatic heterocycles. The highest BCUT2D eigenvalue weighted by Crippen LogP contribution is 2.34. The highest BCUT2D eigenvalue weighted by atomic mass is 14.2. The normalized spacial score (nSPS) is 11.2. The molecule has 30 heavy (non-hydrogen) atoms. The van der Waals surface area contributed by atoms with Gasteiger partial charge >= 0.3 is 0 Å². The number of aryl methyl sites for hydroxylation is 4. The molecule has 0 aliphatic carbocycles. The Morgan fingerprint density at radius 2 is 0.600 bits per heavy atom. The highest BCUT2D eigenvalue weighted by molar-refractivity contribution is 6.05. The van der Waals surface area contributed by atoms with Gasteiger partial charge in [-0.2, -0.15) is 0 Å². The first-order chi connectivity index (χ1) is 14.9. The van der Waals surface area contributed by atoms with Crippen LogP contribution in [0.1, 0.15) is 22.3 Å². The lowest BCUT2D eigenvalue weighted by atomic mass is 9.87. The van der Waals surface area contributed by atoms with Gasteiger partial charge < -0.3 is 0 Å². The molecule has 0 saturated heterocycles. The van der Waals surface area contributed by atoms with E-state index in [-0.39, 0.29) is 0 Å². The van der Waals surface area contributed by atoms with E-state index in [0.717, 1.165) is 25.7 Å². The zero-order chi connectivity index (χ0) is 20.2. The van der Waals surface area contributed by atoms with Gasteiger partial charge in [-0.1, -0.05) is 109 Å². The van der Waals surface area contributed by atoms with E-state index in [2.05, 4.69) is 109 Å². The van der Waals surface area contributed by atoms with Gasteiger partial charge in [-0.05, 0) is 69.5 Å². The van der Waals surface area contributed by atoms with E-state index in [0.29, 0.717) is 0 Å². The standard InChI is InChI=1S/C30H26/c1-3-11-23(12-4-1)19-21-29-25-15-7-9-17-27(25)30(28-18-10-8-16-26(28)29)22-20-24-13-5-2-6-14-24/h1-18H,19-22H2. The van der Waals surface area contributed by atoms with Gasteiger partial charge in [0.25, 0.3) is 0 Å². The van der Waals surface area contributed by atoms with Crippen LogP contribution in [0.3, 0.4) is 0 Å². The molecule has 0 fully saturated rings. The first kappa shape index (κ1) is 18.6. The molecule has 0 atom stereocenters. The van der Waals surface area contributed by atoms with Crippen molar-refractivity contribution in [3.8, 4) is 0 Å². The van der Waals surface area contributed by atoms with Crippen LogP contribution in [0.15, 0.2) is 109 Å². The van der Waals surface area contributed by atoms with Gasteiger partial charge in [0.1, 0.15) is 0 Å². The predicted molar refractivity (Wildman–Crippen MR) is 129 cm³/mol. The summed E-state index contributed by atoms with van der Waals surface area (Å²) in [6, 6.07) is 39.7. The van der Waals surface area contributed by atoms with E-state index < -0.39 is 0 Å². The molecule has 0 N–H and O–H groups in total. The fraction of sp³-hybridized carbons (Fsp3) is 0.133. The first-order valence-corrected chi connectivity index (χ1v) is 10.9. The molecule has 0 saturated carbocycles. The van der Waals surface area contributed by atoms with Crippen LogP contribution in [0.5, 0.6) is 0 Å². The van der Waals surface area contributed by atoms with Crippen molar-refractivity contribution in [2.75, 3.05) is 0 Å². The van der Waals surface area contributed by atoms with Crippen molar-refractivity contribution in [1.29, 1.82) is 0 Å². The zero-order valence-electron chi connectivity index (χ0n) is 17.2. The Balaban J connectivity index is 1.60. The monoisotopic (exact) mass is 386 g/mol. The Bertz CT molecular complexity index is 1110. The molecule has 0 unspecified atom stereocenters. The minimum atomic E-state index is 1.06. The molecule has 146 valence electrons. The molecule has 0 amide bonds. The van der Waals surface area contributed by atoms with Crippen LogP contribution in [-0.2, 0) is 25.7 Å². The van der Waals surface area contributed by atoms with E-state index in [1.165, 1.54) is 43.8 Å². The lowest BCUT2D eigenvalue weighted by Gasteiger charge is -2.17. The summed E-state index contributed by atoms with van der Waals surface area (Å²) in [7, 11) is 0. The van der Waals surface area contributed by atoms with E-state index >= 15 is 0 Å². The SMILES string of the molecule is c1ccc(CCc2c3ccccc3c(CCc3ccccc3)c3ccccc23)cc1. The summed E-state index contributed by atoms with van der Waals surface area (Å²) in [4.78, 5) is 0. The average Bonchev–Trinajstić information content (AvgIpc) is 2.82. The summed E-state index contributed by atoms with van der Waals surface area (Å²) in [5, 5.41) is 5.65. The van der Waals surface area contributed by atoms with E-state index in [4.69, 9.17) is 0 Å². The summed E-state index contributed by atoms with van der Waals surface area (Å²) in [5.74, 6) is 0. The Morgan fingerprint density at radius 3 is 0.933 bits per heavy atom. The fourth-order valence-corrected chi connectivity index (χ4v) is 4.68. The summed E-state index contributed by atoms with van der Waals surface area (Å²) >= 11 is 0. The van der Waals surface area contributed by atoms with Gasteiger partial charge in [-0.3, -0.25) is 0 Å². The van der Waals surface area contributed by atoms with Crippen LogP contribution < -0.4 is 0 Å². The summed E-state index contributed by atoms with van der Waals surface area (Å²) in [6.45, 7) is 0. The summed E-state index contributed by atoms with van der Waals surface area (Å²) in [5.41, 5.74) is 5.76. The van der Waals surface area contributed by atoms with E-state index in [1.54, 1.807) is 0 Å². The minimum absolute atomic E-state index is 1.06. The molecule has 0 heteroatoms. The van der Waals surface area contributed by atoms with Crippen LogP contribution >= 0.6 is 0 Å². The van der Waals surface area contributed by atoms with Crippen LogP contribution in [-0.4, -0.2) is 0 Å². The van der Waals surface area contributed by atoms with Crippen molar-refractivity contribution in [3.63, 3.8) is 0 Å². The zero-order valence-corrected chi connectivity index (χ0v) is 17.2.